The molecular weight excluding hydrogens is 435 g/mol. The first-order valence-electron chi connectivity index (χ1n) is 10.8. The molecule has 0 saturated heterocycles. The first-order chi connectivity index (χ1) is 15.9. The molecular formula is C26H25FN4OS. The molecule has 2 aromatic carbocycles. The molecule has 7 heteroatoms. The van der Waals surface area contributed by atoms with Crippen molar-refractivity contribution in [3.8, 4) is 0 Å². The summed E-state index contributed by atoms with van der Waals surface area (Å²) in [4.78, 5) is 23.0. The molecule has 5 nitrogen and oxygen atoms in total. The topological polar surface area (TPSA) is 66.9 Å². The van der Waals surface area contributed by atoms with Gasteiger partial charge >= 0.3 is 0 Å². The van der Waals surface area contributed by atoms with Crippen molar-refractivity contribution >= 4 is 28.2 Å². The lowest BCUT2D eigenvalue weighted by atomic mass is 9.99. The summed E-state index contributed by atoms with van der Waals surface area (Å²) in [5, 5.41) is 7.15. The Kier molecular flexibility index (Phi) is 6.79. The molecule has 0 radical (unpaired) electrons. The summed E-state index contributed by atoms with van der Waals surface area (Å²) in [7, 11) is 0. The molecule has 1 amide bonds. The third-order valence-corrected chi connectivity index (χ3v) is 6.38. The SMILES string of the molecule is CCc1cc(C(Nc2nc(C)cc(C)n2)c2cccc(F)c2)c(NC(=O)c2ccccc2)s1. The van der Waals surface area contributed by atoms with Crippen LogP contribution in [0.5, 0.6) is 0 Å². The molecule has 2 heterocycles. The van der Waals surface area contributed by atoms with Gasteiger partial charge in [0.25, 0.3) is 5.91 Å². The van der Waals surface area contributed by atoms with E-state index in [1.54, 1.807) is 18.2 Å². The number of anilines is 2. The van der Waals surface area contributed by atoms with Gasteiger partial charge in [-0.25, -0.2) is 14.4 Å². The minimum atomic E-state index is -0.454. The standard InChI is InChI=1S/C26H25FN4OS/c1-4-21-15-22(25(33-21)31-24(32)18-9-6-5-7-10-18)23(19-11-8-12-20(27)14-19)30-26-28-16(2)13-17(3)29-26/h5-15,23H,4H2,1-3H3,(H,31,32)(H,28,29,30). The molecule has 0 aliphatic carbocycles. The van der Waals surface area contributed by atoms with Gasteiger partial charge < -0.3 is 10.6 Å². The van der Waals surface area contributed by atoms with E-state index in [0.717, 1.165) is 28.2 Å². The predicted octanol–water partition coefficient (Wildman–Crippen LogP) is 6.31. The maximum Gasteiger partial charge on any atom is 0.256 e. The van der Waals surface area contributed by atoms with Crippen molar-refractivity contribution in [1.29, 1.82) is 0 Å². The number of aryl methyl sites for hydroxylation is 3. The lowest BCUT2D eigenvalue weighted by Crippen LogP contribution is -2.18. The summed E-state index contributed by atoms with van der Waals surface area (Å²) in [5.41, 5.74) is 3.80. The Hall–Kier alpha value is -3.58. The minimum absolute atomic E-state index is 0.193. The largest absolute Gasteiger partial charge is 0.343 e. The Bertz CT molecular complexity index is 1250. The number of carbonyl (C=O) groups excluding carboxylic acids is 1. The highest BCUT2D eigenvalue weighted by Crippen LogP contribution is 2.38. The second-order valence-corrected chi connectivity index (χ2v) is 8.91. The van der Waals surface area contributed by atoms with Crippen LogP contribution < -0.4 is 10.6 Å². The normalized spacial score (nSPS) is 11.8. The Balaban J connectivity index is 1.77. The van der Waals surface area contributed by atoms with Gasteiger partial charge in [0.05, 0.1) is 6.04 Å². The van der Waals surface area contributed by atoms with E-state index in [1.807, 2.05) is 44.2 Å². The molecule has 2 N–H and O–H groups in total. The minimum Gasteiger partial charge on any atom is -0.343 e. The number of hydrogen-bond acceptors (Lipinski definition) is 5. The Morgan fingerprint density at radius 1 is 1.00 bits per heavy atom. The molecule has 4 rings (SSSR count). The summed E-state index contributed by atoms with van der Waals surface area (Å²) in [5.74, 6) is -0.0743. The van der Waals surface area contributed by atoms with Gasteiger partial charge in [0.1, 0.15) is 10.8 Å². The van der Waals surface area contributed by atoms with Gasteiger partial charge in [-0.15, -0.1) is 11.3 Å². The molecule has 2 aromatic heterocycles. The molecule has 0 bridgehead atoms. The van der Waals surface area contributed by atoms with E-state index in [1.165, 1.54) is 23.5 Å². The van der Waals surface area contributed by atoms with E-state index in [2.05, 4.69) is 33.6 Å². The van der Waals surface area contributed by atoms with Crippen molar-refractivity contribution in [1.82, 2.24) is 9.97 Å². The highest BCUT2D eigenvalue weighted by atomic mass is 32.1. The van der Waals surface area contributed by atoms with Crippen LogP contribution in [0.25, 0.3) is 0 Å². The number of thiophene rings is 1. The average Bonchev–Trinajstić information content (AvgIpc) is 3.20. The van der Waals surface area contributed by atoms with Gasteiger partial charge in [-0.05, 0) is 62.2 Å². The first-order valence-corrected chi connectivity index (χ1v) is 11.6. The average molecular weight is 461 g/mol. The maximum absolute atomic E-state index is 14.2. The van der Waals surface area contributed by atoms with Crippen LogP contribution in [0.1, 0.15) is 50.7 Å². The van der Waals surface area contributed by atoms with Gasteiger partial charge in [-0.1, -0.05) is 37.3 Å². The zero-order valence-electron chi connectivity index (χ0n) is 18.7. The molecule has 1 atom stereocenters. The second kappa shape index (κ2) is 9.92. The van der Waals surface area contributed by atoms with Crippen LogP contribution >= 0.6 is 11.3 Å². The van der Waals surface area contributed by atoms with Gasteiger partial charge in [0, 0.05) is 27.4 Å². The number of amides is 1. The van der Waals surface area contributed by atoms with Crippen LogP contribution in [-0.4, -0.2) is 15.9 Å². The van der Waals surface area contributed by atoms with E-state index in [-0.39, 0.29) is 11.7 Å². The van der Waals surface area contributed by atoms with Crippen LogP contribution in [0, 0.1) is 19.7 Å². The smallest absolute Gasteiger partial charge is 0.256 e. The highest BCUT2D eigenvalue weighted by Gasteiger charge is 2.23. The number of carbonyl (C=O) groups is 1. The van der Waals surface area contributed by atoms with Crippen LogP contribution in [-0.2, 0) is 6.42 Å². The zero-order valence-corrected chi connectivity index (χ0v) is 19.5. The number of benzene rings is 2. The molecule has 33 heavy (non-hydrogen) atoms. The zero-order chi connectivity index (χ0) is 23.4. The monoisotopic (exact) mass is 460 g/mol. The summed E-state index contributed by atoms with van der Waals surface area (Å²) >= 11 is 1.52. The Labute approximate surface area is 196 Å². The molecule has 1 unspecified atom stereocenters. The maximum atomic E-state index is 14.2. The van der Waals surface area contributed by atoms with Gasteiger partial charge in [-0.3, -0.25) is 4.79 Å². The fourth-order valence-electron chi connectivity index (χ4n) is 3.66. The molecule has 4 aromatic rings. The van der Waals surface area contributed by atoms with E-state index in [4.69, 9.17) is 0 Å². The molecule has 0 aliphatic rings. The van der Waals surface area contributed by atoms with Crippen molar-refractivity contribution in [2.75, 3.05) is 10.6 Å². The van der Waals surface area contributed by atoms with Crippen LogP contribution in [0.3, 0.4) is 0 Å². The van der Waals surface area contributed by atoms with E-state index >= 15 is 0 Å². The molecule has 0 fully saturated rings. The van der Waals surface area contributed by atoms with Crippen molar-refractivity contribution in [3.63, 3.8) is 0 Å². The van der Waals surface area contributed by atoms with Crippen molar-refractivity contribution < 1.29 is 9.18 Å². The molecule has 0 aliphatic heterocycles. The molecule has 0 spiro atoms. The number of hydrogen-bond donors (Lipinski definition) is 2. The van der Waals surface area contributed by atoms with Crippen LogP contribution in [0.4, 0.5) is 15.3 Å². The Morgan fingerprint density at radius 3 is 2.39 bits per heavy atom. The number of halogens is 1. The predicted molar refractivity (Wildman–Crippen MR) is 131 cm³/mol. The summed E-state index contributed by atoms with van der Waals surface area (Å²) < 4.78 is 14.2. The lowest BCUT2D eigenvalue weighted by Gasteiger charge is -2.21. The number of nitrogens with zero attached hydrogens (tertiary/aromatic N) is 2. The lowest BCUT2D eigenvalue weighted by molar-refractivity contribution is 0.102. The first kappa shape index (κ1) is 22.6. The van der Waals surface area contributed by atoms with Gasteiger partial charge in [0.2, 0.25) is 5.95 Å². The van der Waals surface area contributed by atoms with Crippen molar-refractivity contribution in [2.45, 2.75) is 33.2 Å². The van der Waals surface area contributed by atoms with Crippen molar-refractivity contribution in [2.24, 2.45) is 0 Å². The van der Waals surface area contributed by atoms with E-state index < -0.39 is 6.04 Å². The number of aromatic nitrogens is 2. The molecule has 168 valence electrons. The van der Waals surface area contributed by atoms with Crippen LogP contribution in [0.15, 0.2) is 66.7 Å². The van der Waals surface area contributed by atoms with Gasteiger partial charge in [-0.2, -0.15) is 0 Å². The quantitative estimate of drug-likeness (QED) is 0.339. The third-order valence-electron chi connectivity index (χ3n) is 5.17. The fourth-order valence-corrected chi connectivity index (χ4v) is 4.69. The summed E-state index contributed by atoms with van der Waals surface area (Å²) in [6.45, 7) is 5.88. The number of nitrogens with one attached hydrogen (secondary N) is 2. The number of rotatable bonds is 7. The third kappa shape index (κ3) is 5.43. The van der Waals surface area contributed by atoms with Crippen LogP contribution in [0.2, 0.25) is 0 Å². The fraction of sp³-hybridized carbons (Fsp3) is 0.192. The summed E-state index contributed by atoms with van der Waals surface area (Å²) in [6, 6.07) is 19.0. The van der Waals surface area contributed by atoms with Crippen molar-refractivity contribution in [3.05, 3.63) is 106 Å². The summed E-state index contributed by atoms with van der Waals surface area (Å²) in [6.07, 6.45) is 0.814. The molecule has 0 saturated carbocycles. The van der Waals surface area contributed by atoms with Gasteiger partial charge in [0.15, 0.2) is 0 Å². The second-order valence-electron chi connectivity index (χ2n) is 7.78. The van der Waals surface area contributed by atoms with E-state index in [9.17, 15) is 9.18 Å². The highest BCUT2D eigenvalue weighted by molar-refractivity contribution is 7.16. The van der Waals surface area contributed by atoms with E-state index in [0.29, 0.717) is 22.1 Å². The Morgan fingerprint density at radius 2 is 1.73 bits per heavy atom.